The summed E-state index contributed by atoms with van der Waals surface area (Å²) in [7, 11) is 1.62. The molecule has 5 heteroatoms. The number of aliphatic hydroxyl groups is 1. The SMILES string of the molecule is COc1ccccc1CNC(=O)c1ccc(N2CCC(O)CC2)cc1. The third-order valence-corrected chi connectivity index (χ3v) is 4.59. The summed E-state index contributed by atoms with van der Waals surface area (Å²) in [6, 6.07) is 15.3. The number of hydrogen-bond acceptors (Lipinski definition) is 4. The molecule has 0 aromatic heterocycles. The van der Waals surface area contributed by atoms with Gasteiger partial charge in [0, 0.05) is 36.4 Å². The number of amides is 1. The molecular formula is C20H24N2O3. The second-order valence-corrected chi connectivity index (χ2v) is 6.26. The van der Waals surface area contributed by atoms with Crippen LogP contribution in [0.15, 0.2) is 48.5 Å². The molecule has 1 saturated heterocycles. The molecule has 25 heavy (non-hydrogen) atoms. The van der Waals surface area contributed by atoms with Crippen LogP contribution in [0.3, 0.4) is 0 Å². The first-order valence-corrected chi connectivity index (χ1v) is 8.60. The summed E-state index contributed by atoms with van der Waals surface area (Å²) < 4.78 is 5.30. The molecule has 0 radical (unpaired) electrons. The minimum Gasteiger partial charge on any atom is -0.496 e. The monoisotopic (exact) mass is 340 g/mol. The van der Waals surface area contributed by atoms with E-state index in [4.69, 9.17) is 4.74 Å². The van der Waals surface area contributed by atoms with E-state index < -0.39 is 0 Å². The molecule has 1 amide bonds. The van der Waals surface area contributed by atoms with Gasteiger partial charge >= 0.3 is 0 Å². The van der Waals surface area contributed by atoms with E-state index >= 15 is 0 Å². The highest BCUT2D eigenvalue weighted by Gasteiger charge is 2.17. The van der Waals surface area contributed by atoms with Gasteiger partial charge in [-0.1, -0.05) is 18.2 Å². The lowest BCUT2D eigenvalue weighted by Crippen LogP contribution is -2.35. The topological polar surface area (TPSA) is 61.8 Å². The Balaban J connectivity index is 1.59. The van der Waals surface area contributed by atoms with Crippen LogP contribution in [0.25, 0.3) is 0 Å². The fourth-order valence-electron chi connectivity index (χ4n) is 3.07. The quantitative estimate of drug-likeness (QED) is 0.878. The van der Waals surface area contributed by atoms with Gasteiger partial charge in [0.25, 0.3) is 5.91 Å². The van der Waals surface area contributed by atoms with Crippen LogP contribution in [0.1, 0.15) is 28.8 Å². The summed E-state index contributed by atoms with van der Waals surface area (Å²) >= 11 is 0. The van der Waals surface area contributed by atoms with Gasteiger partial charge in [-0.2, -0.15) is 0 Å². The Hall–Kier alpha value is -2.53. The molecule has 5 nitrogen and oxygen atoms in total. The lowest BCUT2D eigenvalue weighted by Gasteiger charge is -2.31. The number of hydrogen-bond donors (Lipinski definition) is 2. The van der Waals surface area contributed by atoms with E-state index in [2.05, 4.69) is 10.2 Å². The van der Waals surface area contributed by atoms with Gasteiger partial charge in [-0.05, 0) is 43.2 Å². The molecule has 2 aromatic carbocycles. The van der Waals surface area contributed by atoms with E-state index in [0.717, 1.165) is 42.9 Å². The second-order valence-electron chi connectivity index (χ2n) is 6.26. The van der Waals surface area contributed by atoms with Gasteiger partial charge in [0.2, 0.25) is 0 Å². The van der Waals surface area contributed by atoms with E-state index in [1.54, 1.807) is 7.11 Å². The van der Waals surface area contributed by atoms with Gasteiger partial charge in [0.15, 0.2) is 0 Å². The van der Waals surface area contributed by atoms with Crippen molar-refractivity contribution in [3.63, 3.8) is 0 Å². The summed E-state index contributed by atoms with van der Waals surface area (Å²) in [5.74, 6) is 0.664. The van der Waals surface area contributed by atoms with Crippen LogP contribution in [-0.4, -0.2) is 37.3 Å². The summed E-state index contributed by atoms with van der Waals surface area (Å²) in [5.41, 5.74) is 2.67. The Labute approximate surface area is 148 Å². The zero-order chi connectivity index (χ0) is 17.6. The number of nitrogens with one attached hydrogen (secondary N) is 1. The van der Waals surface area contributed by atoms with Gasteiger partial charge in [-0.15, -0.1) is 0 Å². The fraction of sp³-hybridized carbons (Fsp3) is 0.350. The van der Waals surface area contributed by atoms with Gasteiger partial charge in [-0.3, -0.25) is 4.79 Å². The maximum atomic E-state index is 12.3. The van der Waals surface area contributed by atoms with Gasteiger partial charge in [-0.25, -0.2) is 0 Å². The van der Waals surface area contributed by atoms with Crippen LogP contribution >= 0.6 is 0 Å². The standard InChI is InChI=1S/C20H24N2O3/c1-25-19-5-3-2-4-16(19)14-21-20(24)15-6-8-17(9-7-15)22-12-10-18(23)11-13-22/h2-9,18,23H,10-14H2,1H3,(H,21,24). The molecule has 1 fully saturated rings. The maximum absolute atomic E-state index is 12.3. The van der Waals surface area contributed by atoms with Gasteiger partial charge < -0.3 is 20.1 Å². The average molecular weight is 340 g/mol. The van der Waals surface area contributed by atoms with Crippen LogP contribution in [0.4, 0.5) is 5.69 Å². The van der Waals surface area contributed by atoms with Crippen molar-refractivity contribution in [2.45, 2.75) is 25.5 Å². The average Bonchev–Trinajstić information content (AvgIpc) is 2.67. The molecule has 1 aliphatic rings. The number of carbonyl (C=O) groups excluding carboxylic acids is 1. The normalized spacial score (nSPS) is 15.0. The fourth-order valence-corrected chi connectivity index (χ4v) is 3.07. The Morgan fingerprint density at radius 3 is 2.52 bits per heavy atom. The number of ether oxygens (including phenoxy) is 1. The van der Waals surface area contributed by atoms with Crippen molar-refractivity contribution >= 4 is 11.6 Å². The van der Waals surface area contributed by atoms with E-state index in [1.807, 2.05) is 48.5 Å². The first-order chi connectivity index (χ1) is 12.2. The van der Waals surface area contributed by atoms with Crippen LogP contribution in [0.2, 0.25) is 0 Å². The molecule has 132 valence electrons. The van der Waals surface area contributed by atoms with Crippen molar-refractivity contribution in [1.82, 2.24) is 5.32 Å². The highest BCUT2D eigenvalue weighted by atomic mass is 16.5. The summed E-state index contributed by atoms with van der Waals surface area (Å²) in [4.78, 5) is 14.6. The van der Waals surface area contributed by atoms with Crippen molar-refractivity contribution in [2.75, 3.05) is 25.1 Å². The molecule has 1 heterocycles. The van der Waals surface area contributed by atoms with E-state index in [0.29, 0.717) is 12.1 Å². The Morgan fingerprint density at radius 1 is 1.16 bits per heavy atom. The van der Waals surface area contributed by atoms with E-state index in [1.165, 1.54) is 0 Å². The van der Waals surface area contributed by atoms with E-state index in [9.17, 15) is 9.90 Å². The second kappa shape index (κ2) is 8.03. The van der Waals surface area contributed by atoms with Gasteiger partial charge in [0.05, 0.1) is 13.2 Å². The smallest absolute Gasteiger partial charge is 0.251 e. The highest BCUT2D eigenvalue weighted by molar-refractivity contribution is 5.94. The van der Waals surface area contributed by atoms with Crippen molar-refractivity contribution in [3.05, 3.63) is 59.7 Å². The molecule has 1 aliphatic heterocycles. The molecule has 0 unspecified atom stereocenters. The highest BCUT2D eigenvalue weighted by Crippen LogP contribution is 2.21. The maximum Gasteiger partial charge on any atom is 0.251 e. The minimum absolute atomic E-state index is 0.105. The number of methoxy groups -OCH3 is 1. The summed E-state index contributed by atoms with van der Waals surface area (Å²) in [5, 5.41) is 12.5. The molecule has 0 bridgehead atoms. The molecule has 0 aliphatic carbocycles. The molecule has 0 spiro atoms. The van der Waals surface area contributed by atoms with Crippen molar-refractivity contribution in [2.24, 2.45) is 0 Å². The number of nitrogens with zero attached hydrogens (tertiary/aromatic N) is 1. The molecule has 2 aromatic rings. The largest absolute Gasteiger partial charge is 0.496 e. The Kier molecular flexibility index (Phi) is 5.56. The zero-order valence-electron chi connectivity index (χ0n) is 14.4. The molecular weight excluding hydrogens is 316 g/mol. The van der Waals surface area contributed by atoms with E-state index in [-0.39, 0.29) is 12.0 Å². The molecule has 3 rings (SSSR count). The van der Waals surface area contributed by atoms with Crippen LogP contribution in [0, 0.1) is 0 Å². The van der Waals surface area contributed by atoms with Gasteiger partial charge in [0.1, 0.15) is 5.75 Å². The first kappa shape index (κ1) is 17.3. The summed E-state index contributed by atoms with van der Waals surface area (Å²) in [6.45, 7) is 2.12. The molecule has 0 atom stereocenters. The number of anilines is 1. The minimum atomic E-state index is -0.184. The van der Waals surface area contributed by atoms with Crippen molar-refractivity contribution in [1.29, 1.82) is 0 Å². The third kappa shape index (κ3) is 4.31. The van der Waals surface area contributed by atoms with Crippen LogP contribution in [0.5, 0.6) is 5.75 Å². The lowest BCUT2D eigenvalue weighted by atomic mass is 10.1. The molecule has 2 N–H and O–H groups in total. The first-order valence-electron chi connectivity index (χ1n) is 8.60. The number of benzene rings is 2. The number of para-hydroxylation sites is 1. The predicted molar refractivity (Wildman–Crippen MR) is 98.1 cm³/mol. The predicted octanol–water partition coefficient (Wildman–Crippen LogP) is 2.59. The van der Waals surface area contributed by atoms with Crippen molar-refractivity contribution in [3.8, 4) is 5.75 Å². The zero-order valence-corrected chi connectivity index (χ0v) is 14.4. The van der Waals surface area contributed by atoms with Crippen LogP contribution in [-0.2, 0) is 6.54 Å². The summed E-state index contributed by atoms with van der Waals surface area (Å²) in [6.07, 6.45) is 1.40. The lowest BCUT2D eigenvalue weighted by molar-refractivity contribution is 0.0950. The number of piperidine rings is 1. The number of rotatable bonds is 5. The van der Waals surface area contributed by atoms with Crippen molar-refractivity contribution < 1.29 is 14.6 Å². The van der Waals surface area contributed by atoms with Crippen LogP contribution < -0.4 is 15.0 Å². The number of aliphatic hydroxyl groups excluding tert-OH is 1. The third-order valence-electron chi connectivity index (χ3n) is 4.59. The molecule has 0 saturated carbocycles. The number of carbonyl (C=O) groups is 1. The Bertz CT molecular complexity index is 707. The Morgan fingerprint density at radius 2 is 1.84 bits per heavy atom.